The highest BCUT2D eigenvalue weighted by atomic mass is 16.3. The molecule has 0 aliphatic heterocycles. The van der Waals surface area contributed by atoms with Crippen molar-refractivity contribution in [1.29, 1.82) is 0 Å². The molecule has 0 heterocycles. The zero-order chi connectivity index (χ0) is 11.9. The summed E-state index contributed by atoms with van der Waals surface area (Å²) in [6.45, 7) is 0.284. The van der Waals surface area contributed by atoms with Gasteiger partial charge in [0, 0.05) is 0 Å². The van der Waals surface area contributed by atoms with Crippen LogP contribution in [0.2, 0.25) is 0 Å². The molecule has 15 heavy (non-hydrogen) atoms. The smallest absolute Gasteiger partial charge is 0.239 e. The molecule has 0 rings (SSSR count). The summed E-state index contributed by atoms with van der Waals surface area (Å²) in [7, 11) is 0. The topological polar surface area (TPSA) is 125 Å². The first kappa shape index (κ1) is 13.8. The van der Waals surface area contributed by atoms with Gasteiger partial charge in [-0.15, -0.1) is 0 Å². The lowest BCUT2D eigenvalue weighted by Gasteiger charge is -2.26. The normalized spacial score (nSPS) is 10.9. The number of carbonyl (C=O) groups excluding carboxylic acids is 2. The van der Waals surface area contributed by atoms with Crippen molar-refractivity contribution in [3.63, 3.8) is 0 Å². The molecule has 0 aromatic rings. The zero-order valence-corrected chi connectivity index (χ0v) is 8.62. The lowest BCUT2D eigenvalue weighted by molar-refractivity contribution is -0.127. The summed E-state index contributed by atoms with van der Waals surface area (Å²) in [5.74, 6) is -0.942. The van der Waals surface area contributed by atoms with E-state index in [9.17, 15) is 9.59 Å². The summed E-state index contributed by atoms with van der Waals surface area (Å²) >= 11 is 0. The van der Waals surface area contributed by atoms with Gasteiger partial charge in [-0.2, -0.15) is 0 Å². The van der Waals surface area contributed by atoms with E-state index in [2.05, 4.69) is 10.6 Å². The van der Waals surface area contributed by atoms with E-state index in [1.807, 2.05) is 0 Å². The van der Waals surface area contributed by atoms with Crippen LogP contribution in [0.15, 0.2) is 0 Å². The van der Waals surface area contributed by atoms with Gasteiger partial charge in [0.25, 0.3) is 0 Å². The third-order valence-corrected chi connectivity index (χ3v) is 1.77. The molecule has 0 saturated heterocycles. The van der Waals surface area contributed by atoms with E-state index >= 15 is 0 Å². The number of hydrogen-bond donors (Lipinski definition) is 5. The van der Waals surface area contributed by atoms with E-state index in [0.717, 1.165) is 0 Å². The van der Waals surface area contributed by atoms with Gasteiger partial charge in [0.1, 0.15) is 0 Å². The van der Waals surface area contributed by atoms with Crippen LogP contribution < -0.4 is 16.4 Å². The molecule has 0 fully saturated rings. The quantitative estimate of drug-likeness (QED) is 0.324. The second-order valence-electron chi connectivity index (χ2n) is 3.41. The molecule has 6 N–H and O–H groups in total. The van der Waals surface area contributed by atoms with Crippen LogP contribution in [0.3, 0.4) is 0 Å². The standard InChI is InChI=1S/C8H17N3O4/c1-8(4-12,5-13)11-7(15)3-10-6(14)2-9/h12-13H,2-5,9H2,1H3,(H,10,14)(H,11,15). The number of rotatable bonds is 6. The third kappa shape index (κ3) is 5.31. The molecule has 7 nitrogen and oxygen atoms in total. The van der Waals surface area contributed by atoms with E-state index in [-0.39, 0.29) is 26.3 Å². The zero-order valence-electron chi connectivity index (χ0n) is 8.62. The van der Waals surface area contributed by atoms with Crippen LogP contribution in [0.4, 0.5) is 0 Å². The predicted molar refractivity (Wildman–Crippen MR) is 52.8 cm³/mol. The first-order chi connectivity index (χ1) is 6.97. The monoisotopic (exact) mass is 219 g/mol. The Balaban J connectivity index is 3.97. The fraction of sp³-hybridized carbons (Fsp3) is 0.750. The summed E-state index contributed by atoms with van der Waals surface area (Å²) < 4.78 is 0. The van der Waals surface area contributed by atoms with Gasteiger partial charge in [0.05, 0.1) is 31.8 Å². The molecule has 88 valence electrons. The predicted octanol–water partition coefficient (Wildman–Crippen LogP) is -3.08. The van der Waals surface area contributed by atoms with E-state index in [1.165, 1.54) is 6.92 Å². The Hall–Kier alpha value is -1.18. The molecule has 0 unspecified atom stereocenters. The van der Waals surface area contributed by atoms with Crippen LogP contribution in [-0.2, 0) is 9.59 Å². The van der Waals surface area contributed by atoms with Crippen molar-refractivity contribution in [1.82, 2.24) is 10.6 Å². The Bertz CT molecular complexity index is 228. The van der Waals surface area contributed by atoms with E-state index in [1.54, 1.807) is 0 Å². The molecular formula is C8H17N3O4. The summed E-state index contributed by atoms with van der Waals surface area (Å²) in [5, 5.41) is 22.4. The molecule has 0 radical (unpaired) electrons. The molecule has 0 bridgehead atoms. The van der Waals surface area contributed by atoms with E-state index in [0.29, 0.717) is 0 Å². The van der Waals surface area contributed by atoms with Crippen molar-refractivity contribution in [2.45, 2.75) is 12.5 Å². The van der Waals surface area contributed by atoms with Crippen LogP contribution in [0.5, 0.6) is 0 Å². The van der Waals surface area contributed by atoms with E-state index < -0.39 is 17.4 Å². The molecule has 0 aromatic carbocycles. The number of nitrogens with two attached hydrogens (primary N) is 1. The van der Waals surface area contributed by atoms with Crippen LogP contribution in [0, 0.1) is 0 Å². The Morgan fingerprint density at radius 1 is 1.27 bits per heavy atom. The summed E-state index contributed by atoms with van der Waals surface area (Å²) in [5.41, 5.74) is 3.94. The highest BCUT2D eigenvalue weighted by Crippen LogP contribution is 1.99. The minimum Gasteiger partial charge on any atom is -0.394 e. The van der Waals surface area contributed by atoms with Crippen molar-refractivity contribution in [3.8, 4) is 0 Å². The highest BCUT2D eigenvalue weighted by Gasteiger charge is 2.24. The van der Waals surface area contributed by atoms with Gasteiger partial charge < -0.3 is 26.6 Å². The lowest BCUT2D eigenvalue weighted by Crippen LogP contribution is -2.54. The first-order valence-corrected chi connectivity index (χ1v) is 4.47. The van der Waals surface area contributed by atoms with Gasteiger partial charge in [-0.25, -0.2) is 0 Å². The fourth-order valence-electron chi connectivity index (χ4n) is 0.761. The number of carbonyl (C=O) groups is 2. The fourth-order valence-corrected chi connectivity index (χ4v) is 0.761. The lowest BCUT2D eigenvalue weighted by atomic mass is 10.1. The summed E-state index contributed by atoms with van der Waals surface area (Å²) in [6, 6.07) is 0. The maximum absolute atomic E-state index is 11.2. The van der Waals surface area contributed by atoms with Crippen molar-refractivity contribution >= 4 is 11.8 Å². The molecule has 0 aliphatic carbocycles. The van der Waals surface area contributed by atoms with Gasteiger partial charge >= 0.3 is 0 Å². The molecule has 0 aromatic heterocycles. The Morgan fingerprint density at radius 2 is 1.80 bits per heavy atom. The number of hydrogen-bond acceptors (Lipinski definition) is 5. The van der Waals surface area contributed by atoms with Crippen LogP contribution >= 0.6 is 0 Å². The van der Waals surface area contributed by atoms with Crippen LogP contribution in [0.25, 0.3) is 0 Å². The largest absolute Gasteiger partial charge is 0.394 e. The van der Waals surface area contributed by atoms with Gasteiger partial charge in [-0.05, 0) is 6.92 Å². The average molecular weight is 219 g/mol. The van der Waals surface area contributed by atoms with Crippen molar-refractivity contribution < 1.29 is 19.8 Å². The first-order valence-electron chi connectivity index (χ1n) is 4.47. The molecular weight excluding hydrogens is 202 g/mol. The minimum atomic E-state index is -1.08. The Labute approximate surface area is 87.6 Å². The molecule has 0 spiro atoms. The molecule has 0 aliphatic rings. The average Bonchev–Trinajstić information content (AvgIpc) is 2.25. The molecule has 2 amide bonds. The van der Waals surface area contributed by atoms with Gasteiger partial charge in [0.2, 0.25) is 11.8 Å². The molecule has 7 heteroatoms. The Kier molecular flexibility index (Phi) is 5.83. The highest BCUT2D eigenvalue weighted by molar-refractivity contribution is 5.85. The Morgan fingerprint density at radius 3 is 2.20 bits per heavy atom. The van der Waals surface area contributed by atoms with Gasteiger partial charge in [-0.1, -0.05) is 0 Å². The molecule has 0 atom stereocenters. The van der Waals surface area contributed by atoms with E-state index in [4.69, 9.17) is 15.9 Å². The number of nitrogens with one attached hydrogen (secondary N) is 2. The van der Waals surface area contributed by atoms with Crippen molar-refractivity contribution in [2.24, 2.45) is 5.73 Å². The summed E-state index contributed by atoms with van der Waals surface area (Å²) in [6.07, 6.45) is 0. The van der Waals surface area contributed by atoms with Gasteiger partial charge in [-0.3, -0.25) is 9.59 Å². The van der Waals surface area contributed by atoms with Crippen molar-refractivity contribution in [2.75, 3.05) is 26.3 Å². The maximum atomic E-state index is 11.2. The maximum Gasteiger partial charge on any atom is 0.239 e. The van der Waals surface area contributed by atoms with Crippen molar-refractivity contribution in [3.05, 3.63) is 0 Å². The van der Waals surface area contributed by atoms with Gasteiger partial charge in [0.15, 0.2) is 0 Å². The third-order valence-electron chi connectivity index (χ3n) is 1.77. The number of aliphatic hydroxyl groups is 2. The second kappa shape index (κ2) is 6.33. The number of amides is 2. The molecule has 0 saturated carbocycles. The van der Waals surface area contributed by atoms with Crippen LogP contribution in [0.1, 0.15) is 6.92 Å². The van der Waals surface area contributed by atoms with Crippen LogP contribution in [-0.4, -0.2) is 53.9 Å². The SMILES string of the molecule is CC(CO)(CO)NC(=O)CNC(=O)CN. The summed E-state index contributed by atoms with van der Waals surface area (Å²) in [4.78, 5) is 21.9. The minimum absolute atomic E-state index is 0.190. The number of aliphatic hydroxyl groups excluding tert-OH is 2. The second-order valence-corrected chi connectivity index (χ2v) is 3.41.